The number of anilines is 1. The van der Waals surface area contributed by atoms with Crippen LogP contribution in [-0.2, 0) is 25.7 Å². The second kappa shape index (κ2) is 11.5. The summed E-state index contributed by atoms with van der Waals surface area (Å²) in [5.41, 5.74) is -0.727. The Morgan fingerprint density at radius 1 is 0.897 bits per heavy atom. The summed E-state index contributed by atoms with van der Waals surface area (Å²) in [7, 11) is 4.07. The highest BCUT2D eigenvalue weighted by atomic mass is 16.5. The molecule has 0 bridgehead atoms. The van der Waals surface area contributed by atoms with Crippen LogP contribution in [-0.4, -0.2) is 52.9 Å². The van der Waals surface area contributed by atoms with Crippen LogP contribution in [0.2, 0.25) is 0 Å². The number of carbonyl (C=O) groups is 3. The molecular formula is C21H25NO7. The first-order valence-corrected chi connectivity index (χ1v) is 8.73. The zero-order valence-corrected chi connectivity index (χ0v) is 16.3. The Labute approximate surface area is 169 Å². The van der Waals surface area contributed by atoms with Crippen molar-refractivity contribution in [2.75, 3.05) is 19.0 Å². The summed E-state index contributed by atoms with van der Waals surface area (Å²) in [6.45, 7) is -0.0809. The lowest BCUT2D eigenvalue weighted by molar-refractivity contribution is -0.172. The molecule has 0 aliphatic carbocycles. The van der Waals surface area contributed by atoms with Gasteiger partial charge in [0.15, 0.2) is 5.60 Å². The highest BCUT2D eigenvalue weighted by molar-refractivity contribution is 5.88. The molecule has 0 saturated heterocycles. The molecule has 1 atom stereocenters. The van der Waals surface area contributed by atoms with Crippen molar-refractivity contribution in [3.05, 3.63) is 66.2 Å². The number of carboxylic acid groups (broad SMARTS) is 2. The molecule has 8 heteroatoms. The van der Waals surface area contributed by atoms with Gasteiger partial charge in [-0.15, -0.1) is 0 Å². The number of carbonyl (C=O) groups excluding carboxylic acids is 1. The fourth-order valence-electron chi connectivity index (χ4n) is 2.22. The first-order valence-electron chi connectivity index (χ1n) is 8.73. The summed E-state index contributed by atoms with van der Waals surface area (Å²) < 4.78 is 4.80. The minimum absolute atomic E-state index is 0.0809. The third-order valence-corrected chi connectivity index (χ3v) is 3.79. The lowest BCUT2D eigenvalue weighted by atomic mass is 9.96. The van der Waals surface area contributed by atoms with Crippen LogP contribution in [0.5, 0.6) is 0 Å². The Morgan fingerprint density at radius 2 is 1.41 bits per heavy atom. The van der Waals surface area contributed by atoms with Crippen molar-refractivity contribution < 1.29 is 34.4 Å². The summed E-state index contributed by atoms with van der Waals surface area (Å²) in [5, 5.41) is 27.0. The number of hydrogen-bond donors (Lipinski definition) is 3. The number of ether oxygens (including phenoxy) is 1. The molecular weight excluding hydrogens is 378 g/mol. The zero-order chi connectivity index (χ0) is 21.9. The second-order valence-corrected chi connectivity index (χ2v) is 6.46. The normalized spacial score (nSPS) is 12.0. The smallest absolute Gasteiger partial charge is 0.336 e. The van der Waals surface area contributed by atoms with E-state index in [4.69, 9.17) is 14.9 Å². The van der Waals surface area contributed by atoms with Gasteiger partial charge in [-0.05, 0) is 17.7 Å². The maximum Gasteiger partial charge on any atom is 0.336 e. The van der Waals surface area contributed by atoms with Crippen molar-refractivity contribution in [3.63, 3.8) is 0 Å². The van der Waals surface area contributed by atoms with Crippen molar-refractivity contribution in [2.45, 2.75) is 25.0 Å². The molecule has 156 valence electrons. The number of nitrogens with zero attached hydrogens (tertiary/aromatic N) is 1. The fourth-order valence-corrected chi connectivity index (χ4v) is 2.22. The number of hydrogen-bond acceptors (Lipinski definition) is 6. The Hall–Kier alpha value is -3.39. The van der Waals surface area contributed by atoms with Gasteiger partial charge in [0, 0.05) is 19.8 Å². The second-order valence-electron chi connectivity index (χ2n) is 6.46. The van der Waals surface area contributed by atoms with Gasteiger partial charge < -0.3 is 25.0 Å². The molecule has 29 heavy (non-hydrogen) atoms. The molecule has 0 aliphatic rings. The van der Waals surface area contributed by atoms with Crippen LogP contribution in [0.1, 0.15) is 18.4 Å². The van der Waals surface area contributed by atoms with Crippen LogP contribution < -0.4 is 4.90 Å². The first-order chi connectivity index (χ1) is 13.6. The molecule has 0 aliphatic heterocycles. The van der Waals surface area contributed by atoms with E-state index in [1.54, 1.807) is 30.3 Å². The maximum absolute atomic E-state index is 11.5. The van der Waals surface area contributed by atoms with Crippen molar-refractivity contribution in [1.29, 1.82) is 0 Å². The molecule has 1 unspecified atom stereocenters. The van der Waals surface area contributed by atoms with Gasteiger partial charge in [0.05, 0.1) is 12.8 Å². The van der Waals surface area contributed by atoms with E-state index in [1.807, 2.05) is 32.3 Å². The van der Waals surface area contributed by atoms with Gasteiger partial charge in [0.2, 0.25) is 0 Å². The van der Waals surface area contributed by atoms with Crippen LogP contribution in [0.15, 0.2) is 60.7 Å². The van der Waals surface area contributed by atoms with Crippen molar-refractivity contribution >= 4 is 23.6 Å². The Kier molecular flexibility index (Phi) is 9.34. The lowest BCUT2D eigenvalue weighted by Crippen LogP contribution is -2.43. The third-order valence-electron chi connectivity index (χ3n) is 3.79. The molecule has 0 fully saturated rings. The van der Waals surface area contributed by atoms with Crippen LogP contribution in [0, 0.1) is 0 Å². The number of aliphatic hydroxyl groups is 1. The van der Waals surface area contributed by atoms with E-state index in [0.29, 0.717) is 5.56 Å². The monoisotopic (exact) mass is 403 g/mol. The van der Waals surface area contributed by atoms with Crippen molar-refractivity contribution in [3.8, 4) is 0 Å². The zero-order valence-electron chi connectivity index (χ0n) is 16.3. The summed E-state index contributed by atoms with van der Waals surface area (Å²) >= 11 is 0. The molecule has 0 aromatic heterocycles. The number of carboxylic acids is 2. The standard InChI is InChI=1S/C13H14O7.C8H11N/c14-10(15)6-13(19,12(17)18)7-11(16)20-8-9-4-2-1-3-5-9;1-9(2)8-6-4-3-5-7-8/h1-5,19H,6-8H2,(H,14,15)(H,17,18);3-7H,1-2H3. The fraction of sp³-hybridized carbons (Fsp3) is 0.286. The van der Waals surface area contributed by atoms with Gasteiger partial charge in [-0.3, -0.25) is 9.59 Å². The number of aliphatic carboxylic acids is 2. The maximum atomic E-state index is 11.5. The average Bonchev–Trinajstić information content (AvgIpc) is 2.67. The van der Waals surface area contributed by atoms with E-state index in [9.17, 15) is 19.5 Å². The van der Waals surface area contributed by atoms with Crippen molar-refractivity contribution in [1.82, 2.24) is 0 Å². The molecule has 0 radical (unpaired) electrons. The van der Waals surface area contributed by atoms with Crippen LogP contribution in [0.3, 0.4) is 0 Å². The first kappa shape index (κ1) is 23.6. The van der Waals surface area contributed by atoms with Gasteiger partial charge in [-0.25, -0.2) is 4.79 Å². The minimum atomic E-state index is -2.67. The predicted molar refractivity (Wildman–Crippen MR) is 106 cm³/mol. The Balaban J connectivity index is 0.000000387. The quantitative estimate of drug-likeness (QED) is 0.573. The molecule has 0 heterocycles. The highest BCUT2D eigenvalue weighted by Crippen LogP contribution is 2.17. The van der Waals surface area contributed by atoms with Crippen LogP contribution in [0.25, 0.3) is 0 Å². The summed E-state index contributed by atoms with van der Waals surface area (Å²) in [6.07, 6.45) is -2.01. The van der Waals surface area contributed by atoms with E-state index < -0.39 is 36.4 Å². The number of para-hydroxylation sites is 1. The van der Waals surface area contributed by atoms with Crippen molar-refractivity contribution in [2.24, 2.45) is 0 Å². The minimum Gasteiger partial charge on any atom is -0.481 e. The lowest BCUT2D eigenvalue weighted by Gasteiger charge is -2.20. The molecule has 3 N–H and O–H groups in total. The van der Waals surface area contributed by atoms with E-state index in [2.05, 4.69) is 17.0 Å². The number of esters is 1. The molecule has 0 saturated carbocycles. The molecule has 8 nitrogen and oxygen atoms in total. The van der Waals surface area contributed by atoms with Gasteiger partial charge in [-0.2, -0.15) is 0 Å². The summed E-state index contributed by atoms with van der Waals surface area (Å²) in [6, 6.07) is 18.9. The van der Waals surface area contributed by atoms with Gasteiger partial charge >= 0.3 is 17.9 Å². The summed E-state index contributed by atoms with van der Waals surface area (Å²) in [5.74, 6) is -4.29. The van der Waals surface area contributed by atoms with E-state index >= 15 is 0 Å². The molecule has 0 amide bonds. The van der Waals surface area contributed by atoms with Gasteiger partial charge in [0.25, 0.3) is 0 Å². The highest BCUT2D eigenvalue weighted by Gasteiger charge is 2.41. The van der Waals surface area contributed by atoms with Gasteiger partial charge in [0.1, 0.15) is 6.61 Å². The largest absolute Gasteiger partial charge is 0.481 e. The topological polar surface area (TPSA) is 124 Å². The average molecular weight is 403 g/mol. The van der Waals surface area contributed by atoms with E-state index in [-0.39, 0.29) is 6.61 Å². The Bertz CT molecular complexity index is 793. The predicted octanol–water partition coefficient (Wildman–Crippen LogP) is 2.16. The molecule has 2 rings (SSSR count). The van der Waals surface area contributed by atoms with E-state index in [0.717, 1.165) is 0 Å². The molecule has 2 aromatic rings. The van der Waals surface area contributed by atoms with Crippen LogP contribution in [0.4, 0.5) is 5.69 Å². The third kappa shape index (κ3) is 8.89. The number of benzene rings is 2. The summed E-state index contributed by atoms with van der Waals surface area (Å²) in [4.78, 5) is 34.9. The number of rotatable bonds is 8. The molecule has 2 aromatic carbocycles. The molecule has 0 spiro atoms. The SMILES string of the molecule is CN(C)c1ccccc1.O=C(O)CC(O)(CC(=O)OCc1ccccc1)C(=O)O. The van der Waals surface area contributed by atoms with Gasteiger partial charge in [-0.1, -0.05) is 48.5 Å². The Morgan fingerprint density at radius 3 is 1.83 bits per heavy atom. The van der Waals surface area contributed by atoms with E-state index in [1.165, 1.54) is 5.69 Å². The van der Waals surface area contributed by atoms with Crippen LogP contribution >= 0.6 is 0 Å².